The van der Waals surface area contributed by atoms with Crippen molar-refractivity contribution in [1.82, 2.24) is 0 Å². The Labute approximate surface area is 100.0 Å². The Morgan fingerprint density at radius 2 is 1.88 bits per heavy atom. The average Bonchev–Trinajstić information content (AvgIpc) is 2.76. The second-order valence-electron chi connectivity index (χ2n) is 5.57. The molecule has 0 heterocycles. The maximum absolute atomic E-state index is 11.9. The second-order valence-corrected chi connectivity index (χ2v) is 5.57. The molecule has 1 atom stereocenters. The summed E-state index contributed by atoms with van der Waals surface area (Å²) >= 11 is 0. The molecule has 16 heavy (non-hydrogen) atoms. The molecule has 0 aromatic heterocycles. The minimum atomic E-state index is 0.394. The summed E-state index contributed by atoms with van der Waals surface area (Å²) in [5.41, 5.74) is 5.61. The van der Waals surface area contributed by atoms with Crippen LogP contribution in [0.5, 0.6) is 0 Å². The van der Waals surface area contributed by atoms with Crippen molar-refractivity contribution in [1.29, 1.82) is 0 Å². The van der Waals surface area contributed by atoms with Crippen LogP contribution in [0.25, 0.3) is 0 Å². The van der Waals surface area contributed by atoms with E-state index in [0.29, 0.717) is 23.5 Å². The van der Waals surface area contributed by atoms with Gasteiger partial charge in [-0.3, -0.25) is 4.79 Å². The number of carbonyl (C=O) groups excluding carboxylic acids is 1. The normalized spacial score (nSPS) is 19.2. The van der Waals surface area contributed by atoms with Crippen molar-refractivity contribution in [3.63, 3.8) is 0 Å². The molecule has 0 radical (unpaired) electrons. The molecule has 0 aliphatic heterocycles. The molecular formula is C14H27NO. The smallest absolute Gasteiger partial charge is 0.135 e. The Kier molecular flexibility index (Phi) is 6.04. The van der Waals surface area contributed by atoms with Crippen LogP contribution >= 0.6 is 0 Å². The minimum absolute atomic E-state index is 0.394. The Balaban J connectivity index is 2.27. The average molecular weight is 225 g/mol. The number of hydrogen-bond donors (Lipinski definition) is 1. The van der Waals surface area contributed by atoms with E-state index in [1.165, 1.54) is 12.8 Å². The van der Waals surface area contributed by atoms with Crippen LogP contribution < -0.4 is 5.73 Å². The summed E-state index contributed by atoms with van der Waals surface area (Å²) < 4.78 is 0. The van der Waals surface area contributed by atoms with Crippen molar-refractivity contribution >= 4 is 5.78 Å². The van der Waals surface area contributed by atoms with E-state index in [1.54, 1.807) is 0 Å². The number of rotatable bonds is 7. The van der Waals surface area contributed by atoms with Crippen molar-refractivity contribution in [2.45, 2.75) is 58.8 Å². The summed E-state index contributed by atoms with van der Waals surface area (Å²) in [6.07, 6.45) is 7.69. The van der Waals surface area contributed by atoms with Crippen LogP contribution in [0.4, 0.5) is 0 Å². The van der Waals surface area contributed by atoms with E-state index < -0.39 is 0 Å². The number of nitrogens with two attached hydrogens (primary N) is 1. The Morgan fingerprint density at radius 3 is 2.38 bits per heavy atom. The van der Waals surface area contributed by atoms with Gasteiger partial charge in [0, 0.05) is 12.3 Å². The van der Waals surface area contributed by atoms with Crippen LogP contribution in [0.1, 0.15) is 58.8 Å². The predicted molar refractivity (Wildman–Crippen MR) is 68.2 cm³/mol. The molecular weight excluding hydrogens is 198 g/mol. The van der Waals surface area contributed by atoms with E-state index in [1.807, 2.05) is 0 Å². The Hall–Kier alpha value is -0.370. The Morgan fingerprint density at radius 1 is 1.25 bits per heavy atom. The highest BCUT2D eigenvalue weighted by molar-refractivity contribution is 5.81. The number of hydrogen-bond acceptors (Lipinski definition) is 2. The first-order valence-electron chi connectivity index (χ1n) is 6.88. The molecule has 2 heteroatoms. The van der Waals surface area contributed by atoms with Crippen LogP contribution in [0.15, 0.2) is 0 Å². The largest absolute Gasteiger partial charge is 0.330 e. The molecule has 1 fully saturated rings. The van der Waals surface area contributed by atoms with Crippen molar-refractivity contribution in [2.24, 2.45) is 23.5 Å². The third-order valence-corrected chi connectivity index (χ3v) is 4.05. The van der Waals surface area contributed by atoms with Gasteiger partial charge in [-0.05, 0) is 44.1 Å². The number of carbonyl (C=O) groups is 1. The van der Waals surface area contributed by atoms with Gasteiger partial charge in [-0.2, -0.15) is 0 Å². The van der Waals surface area contributed by atoms with Gasteiger partial charge in [0.25, 0.3) is 0 Å². The fraction of sp³-hybridized carbons (Fsp3) is 0.929. The molecule has 94 valence electrons. The lowest BCUT2D eigenvalue weighted by Gasteiger charge is -2.20. The lowest BCUT2D eigenvalue weighted by molar-refractivity contribution is -0.123. The highest BCUT2D eigenvalue weighted by Crippen LogP contribution is 2.28. The fourth-order valence-electron chi connectivity index (χ4n) is 2.80. The first kappa shape index (κ1) is 13.7. The van der Waals surface area contributed by atoms with E-state index in [9.17, 15) is 4.79 Å². The molecule has 0 spiro atoms. The summed E-state index contributed by atoms with van der Waals surface area (Å²) in [6, 6.07) is 0. The number of Topliss-reactive ketones (excluding diaryl/α,β-unsaturated/α-hetero) is 1. The maximum atomic E-state index is 11.9. The van der Waals surface area contributed by atoms with Gasteiger partial charge in [-0.15, -0.1) is 0 Å². The molecule has 0 aromatic rings. The molecule has 0 saturated heterocycles. The topological polar surface area (TPSA) is 43.1 Å². The first-order valence-corrected chi connectivity index (χ1v) is 6.88. The van der Waals surface area contributed by atoms with Crippen LogP contribution in [0, 0.1) is 17.8 Å². The molecule has 0 amide bonds. The molecule has 1 aliphatic carbocycles. The molecule has 2 N–H and O–H groups in total. The molecule has 0 aromatic carbocycles. The van der Waals surface area contributed by atoms with Crippen molar-refractivity contribution in [3.05, 3.63) is 0 Å². The monoisotopic (exact) mass is 225 g/mol. The summed E-state index contributed by atoms with van der Waals surface area (Å²) in [4.78, 5) is 11.9. The van der Waals surface area contributed by atoms with Crippen LogP contribution in [-0.2, 0) is 4.79 Å². The third kappa shape index (κ3) is 4.25. The van der Waals surface area contributed by atoms with Gasteiger partial charge in [0.1, 0.15) is 5.78 Å². The van der Waals surface area contributed by atoms with Gasteiger partial charge in [0.15, 0.2) is 0 Å². The summed E-state index contributed by atoms with van der Waals surface area (Å²) in [5, 5.41) is 0. The molecule has 1 rings (SSSR count). The number of ketones is 1. The van der Waals surface area contributed by atoms with Crippen molar-refractivity contribution in [3.8, 4) is 0 Å². The molecule has 2 nitrogen and oxygen atoms in total. The lowest BCUT2D eigenvalue weighted by atomic mass is 9.86. The van der Waals surface area contributed by atoms with Crippen molar-refractivity contribution in [2.75, 3.05) is 6.54 Å². The van der Waals surface area contributed by atoms with E-state index in [-0.39, 0.29) is 0 Å². The predicted octanol–water partition coefficient (Wildman–Crippen LogP) is 3.15. The SMILES string of the molecule is CC(C)C(CCN)CCC(=O)C1CCCC1. The molecule has 1 aliphatic rings. The van der Waals surface area contributed by atoms with Gasteiger partial charge in [-0.25, -0.2) is 0 Å². The standard InChI is InChI=1S/C14H27NO/c1-11(2)12(9-10-15)7-8-14(16)13-5-3-4-6-13/h11-13H,3-10,15H2,1-2H3. The lowest BCUT2D eigenvalue weighted by Crippen LogP contribution is -2.18. The Bertz CT molecular complexity index is 207. The van der Waals surface area contributed by atoms with Gasteiger partial charge >= 0.3 is 0 Å². The van der Waals surface area contributed by atoms with E-state index in [2.05, 4.69) is 13.8 Å². The van der Waals surface area contributed by atoms with Gasteiger partial charge in [-0.1, -0.05) is 26.7 Å². The van der Waals surface area contributed by atoms with E-state index in [0.717, 1.165) is 38.6 Å². The van der Waals surface area contributed by atoms with Gasteiger partial charge < -0.3 is 5.73 Å². The molecule has 0 bridgehead atoms. The highest BCUT2D eigenvalue weighted by Gasteiger charge is 2.23. The summed E-state index contributed by atoms with van der Waals surface area (Å²) in [6.45, 7) is 5.22. The summed E-state index contributed by atoms with van der Waals surface area (Å²) in [5.74, 6) is 2.20. The van der Waals surface area contributed by atoms with E-state index in [4.69, 9.17) is 5.73 Å². The molecule has 1 unspecified atom stereocenters. The molecule has 1 saturated carbocycles. The van der Waals surface area contributed by atoms with Crippen LogP contribution in [0.3, 0.4) is 0 Å². The van der Waals surface area contributed by atoms with Crippen LogP contribution in [-0.4, -0.2) is 12.3 Å². The first-order chi connectivity index (χ1) is 7.65. The second kappa shape index (κ2) is 7.05. The minimum Gasteiger partial charge on any atom is -0.330 e. The van der Waals surface area contributed by atoms with Gasteiger partial charge in [0.05, 0.1) is 0 Å². The highest BCUT2D eigenvalue weighted by atomic mass is 16.1. The van der Waals surface area contributed by atoms with Crippen molar-refractivity contribution < 1.29 is 4.79 Å². The fourth-order valence-corrected chi connectivity index (χ4v) is 2.80. The van der Waals surface area contributed by atoms with E-state index >= 15 is 0 Å². The summed E-state index contributed by atoms with van der Waals surface area (Å²) in [7, 11) is 0. The zero-order valence-electron chi connectivity index (χ0n) is 10.9. The quantitative estimate of drug-likeness (QED) is 0.723. The van der Waals surface area contributed by atoms with Crippen LogP contribution in [0.2, 0.25) is 0 Å². The maximum Gasteiger partial charge on any atom is 0.135 e. The zero-order valence-corrected chi connectivity index (χ0v) is 10.9. The third-order valence-electron chi connectivity index (χ3n) is 4.05. The zero-order chi connectivity index (χ0) is 12.0. The van der Waals surface area contributed by atoms with Gasteiger partial charge in [0.2, 0.25) is 0 Å².